The molecule has 0 saturated carbocycles. The number of nitrogens with zero attached hydrogens (tertiary/aromatic N) is 3. The molecule has 5 rings (SSSR count). The Labute approximate surface area is 250 Å². The number of halogens is 2. The van der Waals surface area contributed by atoms with Crippen LogP contribution >= 0.6 is 23.2 Å². The van der Waals surface area contributed by atoms with E-state index in [2.05, 4.69) is 56.1 Å². The molecule has 0 unspecified atom stereocenters. The first-order chi connectivity index (χ1) is 19.9. The third-order valence-corrected chi connectivity index (χ3v) is 7.80. The molecule has 0 radical (unpaired) electrons. The summed E-state index contributed by atoms with van der Waals surface area (Å²) in [6, 6.07) is 24.5. The van der Waals surface area contributed by atoms with Crippen LogP contribution in [0.2, 0.25) is 10.0 Å². The fourth-order valence-electron chi connectivity index (χ4n) is 5.13. The van der Waals surface area contributed by atoms with Gasteiger partial charge in [-0.3, -0.25) is 4.79 Å². The molecule has 1 aliphatic rings. The topological polar surface area (TPSA) is 66.8 Å². The number of rotatable bonds is 9. The number of ether oxygens (including phenoxy) is 1. The second-order valence-corrected chi connectivity index (χ2v) is 10.6. The summed E-state index contributed by atoms with van der Waals surface area (Å²) in [5.41, 5.74) is 4.35. The molecule has 1 aromatic heterocycles. The summed E-state index contributed by atoms with van der Waals surface area (Å²) in [5.74, 6) is -1.05. The Morgan fingerprint density at radius 2 is 1.49 bits per heavy atom. The van der Waals surface area contributed by atoms with Crippen LogP contribution in [0.15, 0.2) is 91.3 Å². The van der Waals surface area contributed by atoms with E-state index in [1.807, 2.05) is 36.7 Å². The Morgan fingerprint density at radius 3 is 2.15 bits per heavy atom. The van der Waals surface area contributed by atoms with Crippen molar-refractivity contribution in [3.05, 3.63) is 112 Å². The van der Waals surface area contributed by atoms with Crippen molar-refractivity contribution in [1.29, 1.82) is 0 Å². The normalized spacial score (nSPS) is 14.0. The van der Waals surface area contributed by atoms with E-state index in [0.29, 0.717) is 0 Å². The summed E-state index contributed by atoms with van der Waals surface area (Å²) in [6.07, 6.45) is 4.25. The maximum absolute atomic E-state index is 13.1. The minimum absolute atomic E-state index is 0.128. The van der Waals surface area contributed by atoms with Gasteiger partial charge in [-0.25, -0.2) is 4.79 Å². The second-order valence-electron chi connectivity index (χ2n) is 9.80. The molecule has 1 aliphatic heterocycles. The predicted molar refractivity (Wildman–Crippen MR) is 165 cm³/mol. The van der Waals surface area contributed by atoms with E-state index in [0.717, 1.165) is 43.1 Å². The zero-order valence-corrected chi connectivity index (χ0v) is 24.3. The maximum Gasteiger partial charge on any atom is 0.328 e. The Balaban J connectivity index is 1.38. The smallest absolute Gasteiger partial charge is 0.328 e. The van der Waals surface area contributed by atoms with Gasteiger partial charge in [-0.05, 0) is 61.0 Å². The third kappa shape index (κ3) is 6.69. The highest BCUT2D eigenvalue weighted by atomic mass is 35.5. The molecular weight excluding hydrogens is 559 g/mol. The van der Waals surface area contributed by atoms with Crippen LogP contribution in [0.3, 0.4) is 0 Å². The van der Waals surface area contributed by atoms with Crippen molar-refractivity contribution in [1.82, 2.24) is 9.88 Å². The molecule has 4 aromatic rings. The summed E-state index contributed by atoms with van der Waals surface area (Å²) < 4.78 is 7.38. The predicted octanol–water partition coefficient (Wildman–Crippen LogP) is 6.01. The van der Waals surface area contributed by atoms with Gasteiger partial charge in [0.25, 0.3) is 5.91 Å². The number of nitrogens with one attached hydrogen (secondary N) is 1. The minimum Gasteiger partial charge on any atom is -0.464 e. The fourth-order valence-corrected chi connectivity index (χ4v) is 5.70. The standard InChI is InChI=1S/C32H32Cl2N4O3/c1-2-41-32(40)27(35-31(39)30-25(33)11-8-12-26(30)34)21-23-13-14-28(29(22-23)37-15-6-7-16-37)38-19-17-36(18-20-38)24-9-4-3-5-10-24/h3-16,22,27H,2,17-21H2,1H3,(H,35,39)/t27-/m0/s1. The molecule has 1 amide bonds. The van der Waals surface area contributed by atoms with Gasteiger partial charge in [0.15, 0.2) is 0 Å². The van der Waals surface area contributed by atoms with E-state index >= 15 is 0 Å². The fraction of sp³-hybridized carbons (Fsp3) is 0.250. The largest absolute Gasteiger partial charge is 0.464 e. The monoisotopic (exact) mass is 590 g/mol. The summed E-state index contributed by atoms with van der Waals surface area (Å²) in [6.45, 7) is 5.51. The van der Waals surface area contributed by atoms with Gasteiger partial charge in [0.2, 0.25) is 0 Å². The third-order valence-electron chi connectivity index (χ3n) is 7.17. The zero-order valence-electron chi connectivity index (χ0n) is 22.8. The van der Waals surface area contributed by atoms with Crippen LogP contribution in [0.25, 0.3) is 5.69 Å². The molecule has 1 fully saturated rings. The van der Waals surface area contributed by atoms with E-state index in [-0.39, 0.29) is 28.6 Å². The lowest BCUT2D eigenvalue weighted by Gasteiger charge is -2.38. The first kappa shape index (κ1) is 28.6. The number of piperazine rings is 1. The van der Waals surface area contributed by atoms with E-state index in [1.165, 1.54) is 5.69 Å². The molecule has 0 bridgehead atoms. The van der Waals surface area contributed by atoms with Gasteiger partial charge < -0.3 is 24.4 Å². The number of carbonyl (C=O) groups excluding carboxylic acids is 2. The van der Waals surface area contributed by atoms with Gasteiger partial charge in [0.1, 0.15) is 6.04 Å². The Morgan fingerprint density at radius 1 is 0.829 bits per heavy atom. The van der Waals surface area contributed by atoms with Crippen molar-refractivity contribution in [2.75, 3.05) is 42.6 Å². The number of esters is 1. The van der Waals surface area contributed by atoms with Gasteiger partial charge in [-0.15, -0.1) is 0 Å². The average Bonchev–Trinajstić information content (AvgIpc) is 3.53. The summed E-state index contributed by atoms with van der Waals surface area (Å²) >= 11 is 12.5. The lowest BCUT2D eigenvalue weighted by atomic mass is 10.0. The van der Waals surface area contributed by atoms with Gasteiger partial charge >= 0.3 is 5.97 Å². The molecule has 0 aliphatic carbocycles. The first-order valence-corrected chi connectivity index (χ1v) is 14.4. The zero-order chi connectivity index (χ0) is 28.8. The molecule has 9 heteroatoms. The summed E-state index contributed by atoms with van der Waals surface area (Å²) in [4.78, 5) is 30.9. The molecule has 1 saturated heterocycles. The number of benzene rings is 3. The number of hydrogen-bond acceptors (Lipinski definition) is 5. The minimum atomic E-state index is -0.924. The molecule has 2 heterocycles. The van der Waals surface area contributed by atoms with E-state index in [4.69, 9.17) is 27.9 Å². The van der Waals surface area contributed by atoms with E-state index in [9.17, 15) is 9.59 Å². The first-order valence-electron chi connectivity index (χ1n) is 13.7. The quantitative estimate of drug-likeness (QED) is 0.242. The number of anilines is 2. The van der Waals surface area contributed by atoms with E-state index in [1.54, 1.807) is 25.1 Å². The number of carbonyl (C=O) groups is 2. The Kier molecular flexibility index (Phi) is 9.17. The van der Waals surface area contributed by atoms with Gasteiger partial charge in [0.05, 0.1) is 33.6 Å². The molecule has 0 spiro atoms. The summed E-state index contributed by atoms with van der Waals surface area (Å²) in [5, 5.41) is 3.22. The number of hydrogen-bond donors (Lipinski definition) is 1. The van der Waals surface area contributed by atoms with Crippen molar-refractivity contribution >= 4 is 46.5 Å². The molecule has 7 nitrogen and oxygen atoms in total. The average molecular weight is 592 g/mol. The van der Waals surface area contributed by atoms with Crippen LogP contribution in [0.5, 0.6) is 0 Å². The second kappa shape index (κ2) is 13.1. The van der Waals surface area contributed by atoms with E-state index < -0.39 is 17.9 Å². The van der Waals surface area contributed by atoms with Crippen molar-refractivity contribution < 1.29 is 14.3 Å². The molecule has 3 aromatic carbocycles. The van der Waals surface area contributed by atoms with Crippen LogP contribution in [-0.4, -0.2) is 55.3 Å². The van der Waals surface area contributed by atoms with Crippen molar-refractivity contribution in [2.24, 2.45) is 0 Å². The SMILES string of the molecule is CCOC(=O)[C@H](Cc1ccc(N2CCN(c3ccccc3)CC2)c(-n2cccc2)c1)NC(=O)c1c(Cl)cccc1Cl. The van der Waals surface area contributed by atoms with Gasteiger partial charge in [-0.2, -0.15) is 0 Å². The molecule has 212 valence electrons. The molecule has 41 heavy (non-hydrogen) atoms. The molecule has 1 N–H and O–H groups in total. The lowest BCUT2D eigenvalue weighted by Crippen LogP contribution is -2.46. The van der Waals surface area contributed by atoms with Crippen LogP contribution < -0.4 is 15.1 Å². The highest BCUT2D eigenvalue weighted by molar-refractivity contribution is 6.39. The Hall–Kier alpha value is -3.94. The Bertz CT molecular complexity index is 1470. The number of amides is 1. The van der Waals surface area contributed by atoms with Crippen LogP contribution in [0.1, 0.15) is 22.8 Å². The van der Waals surface area contributed by atoms with Crippen LogP contribution in [-0.2, 0) is 16.0 Å². The highest BCUT2D eigenvalue weighted by Crippen LogP contribution is 2.29. The number of para-hydroxylation sites is 1. The molecule has 1 atom stereocenters. The van der Waals surface area contributed by atoms with Gasteiger partial charge in [0, 0.05) is 50.7 Å². The van der Waals surface area contributed by atoms with Crippen molar-refractivity contribution in [3.8, 4) is 5.69 Å². The van der Waals surface area contributed by atoms with Gasteiger partial charge in [-0.1, -0.05) is 53.5 Å². The summed E-state index contributed by atoms with van der Waals surface area (Å²) in [7, 11) is 0. The van der Waals surface area contributed by atoms with Crippen LogP contribution in [0, 0.1) is 0 Å². The highest BCUT2D eigenvalue weighted by Gasteiger charge is 2.26. The van der Waals surface area contributed by atoms with Crippen molar-refractivity contribution in [2.45, 2.75) is 19.4 Å². The molecular formula is C32H32Cl2N4O3. The lowest BCUT2D eigenvalue weighted by molar-refractivity contribution is -0.145. The van der Waals surface area contributed by atoms with Crippen molar-refractivity contribution in [3.63, 3.8) is 0 Å². The maximum atomic E-state index is 13.1. The van der Waals surface area contributed by atoms with Crippen LogP contribution in [0.4, 0.5) is 11.4 Å². The number of aromatic nitrogens is 1.